The van der Waals surface area contributed by atoms with Crippen molar-refractivity contribution in [2.75, 3.05) is 34.4 Å². The van der Waals surface area contributed by atoms with Gasteiger partial charge in [-0.2, -0.15) is 0 Å². The van der Waals surface area contributed by atoms with Crippen LogP contribution in [0.2, 0.25) is 0 Å². The van der Waals surface area contributed by atoms with Crippen LogP contribution in [0.1, 0.15) is 21.8 Å². The summed E-state index contributed by atoms with van der Waals surface area (Å²) in [5.74, 6) is 1.41. The standard InChI is InChI=1S/C20H24N2O4/c1-24-17-9-14(10-18(25-2)19(17)26-3)20(23)22-11-15(16(21)12-22)13-7-5-4-6-8-13/h4-10,15-16H,11-12,21H2,1-3H3/t15-,16+/m0/s1. The number of nitrogens with two attached hydrogens (primary N) is 1. The van der Waals surface area contributed by atoms with Gasteiger partial charge in [-0.1, -0.05) is 30.3 Å². The summed E-state index contributed by atoms with van der Waals surface area (Å²) < 4.78 is 16.0. The summed E-state index contributed by atoms with van der Waals surface area (Å²) >= 11 is 0. The first-order chi connectivity index (χ1) is 12.6. The molecule has 3 rings (SSSR count). The highest BCUT2D eigenvalue weighted by Crippen LogP contribution is 2.39. The lowest BCUT2D eigenvalue weighted by atomic mass is 9.95. The highest BCUT2D eigenvalue weighted by molar-refractivity contribution is 5.96. The summed E-state index contributed by atoms with van der Waals surface area (Å²) in [6.45, 7) is 1.09. The molecule has 6 nitrogen and oxygen atoms in total. The summed E-state index contributed by atoms with van der Waals surface area (Å²) in [6.07, 6.45) is 0. The minimum Gasteiger partial charge on any atom is -0.493 e. The van der Waals surface area contributed by atoms with E-state index in [4.69, 9.17) is 19.9 Å². The fourth-order valence-corrected chi connectivity index (χ4v) is 3.43. The fraction of sp³-hybridized carbons (Fsp3) is 0.350. The van der Waals surface area contributed by atoms with Gasteiger partial charge < -0.3 is 24.8 Å². The van der Waals surface area contributed by atoms with Crippen molar-refractivity contribution in [3.05, 3.63) is 53.6 Å². The highest BCUT2D eigenvalue weighted by Gasteiger charge is 2.34. The van der Waals surface area contributed by atoms with Gasteiger partial charge in [-0.3, -0.25) is 4.79 Å². The Labute approximate surface area is 153 Å². The molecule has 0 unspecified atom stereocenters. The van der Waals surface area contributed by atoms with E-state index in [2.05, 4.69) is 12.1 Å². The van der Waals surface area contributed by atoms with Crippen molar-refractivity contribution < 1.29 is 19.0 Å². The van der Waals surface area contributed by atoms with Crippen LogP contribution in [0.5, 0.6) is 17.2 Å². The van der Waals surface area contributed by atoms with E-state index in [0.29, 0.717) is 35.9 Å². The van der Waals surface area contributed by atoms with Gasteiger partial charge in [-0.15, -0.1) is 0 Å². The van der Waals surface area contributed by atoms with Gasteiger partial charge in [0.2, 0.25) is 5.75 Å². The molecule has 138 valence electrons. The predicted octanol–water partition coefficient (Wildman–Crippen LogP) is 2.28. The molecule has 1 heterocycles. The monoisotopic (exact) mass is 356 g/mol. The third kappa shape index (κ3) is 3.32. The molecule has 0 bridgehead atoms. The van der Waals surface area contributed by atoms with Crippen LogP contribution < -0.4 is 19.9 Å². The molecule has 2 aromatic carbocycles. The fourth-order valence-electron chi connectivity index (χ4n) is 3.43. The number of hydrogen-bond donors (Lipinski definition) is 1. The second kappa shape index (κ2) is 7.66. The van der Waals surface area contributed by atoms with Gasteiger partial charge in [0.1, 0.15) is 0 Å². The van der Waals surface area contributed by atoms with Crippen molar-refractivity contribution in [2.24, 2.45) is 5.73 Å². The van der Waals surface area contributed by atoms with Gasteiger partial charge in [0.25, 0.3) is 5.91 Å². The molecule has 0 spiro atoms. The van der Waals surface area contributed by atoms with Crippen LogP contribution in [0.4, 0.5) is 0 Å². The van der Waals surface area contributed by atoms with Crippen LogP contribution in [0, 0.1) is 0 Å². The second-order valence-electron chi connectivity index (χ2n) is 6.31. The largest absolute Gasteiger partial charge is 0.493 e. The molecule has 2 aromatic rings. The van der Waals surface area contributed by atoms with Crippen LogP contribution in [-0.2, 0) is 0 Å². The zero-order valence-corrected chi connectivity index (χ0v) is 15.3. The molecule has 6 heteroatoms. The second-order valence-corrected chi connectivity index (χ2v) is 6.31. The number of carbonyl (C=O) groups is 1. The SMILES string of the molecule is COc1cc(C(=O)N2C[C@@H](N)[C@H](c3ccccc3)C2)cc(OC)c1OC. The number of ether oxygens (including phenoxy) is 3. The topological polar surface area (TPSA) is 74.0 Å². The van der Waals surface area contributed by atoms with Crippen molar-refractivity contribution in [2.45, 2.75) is 12.0 Å². The van der Waals surface area contributed by atoms with Gasteiger partial charge in [0.05, 0.1) is 21.3 Å². The van der Waals surface area contributed by atoms with E-state index in [1.54, 1.807) is 17.0 Å². The van der Waals surface area contributed by atoms with Crippen LogP contribution in [-0.4, -0.2) is 51.3 Å². The normalized spacial score (nSPS) is 19.3. The predicted molar refractivity (Wildman–Crippen MR) is 99.2 cm³/mol. The Bertz CT molecular complexity index is 754. The zero-order chi connectivity index (χ0) is 18.7. The molecule has 1 aliphatic heterocycles. The van der Waals surface area contributed by atoms with Crippen molar-refractivity contribution in [1.82, 2.24) is 4.90 Å². The lowest BCUT2D eigenvalue weighted by Crippen LogP contribution is -2.32. The number of methoxy groups -OCH3 is 3. The Hall–Kier alpha value is -2.73. The Morgan fingerprint density at radius 2 is 1.62 bits per heavy atom. The van der Waals surface area contributed by atoms with Gasteiger partial charge in [0.15, 0.2) is 11.5 Å². The quantitative estimate of drug-likeness (QED) is 0.890. The molecule has 0 aromatic heterocycles. The van der Waals surface area contributed by atoms with Crippen LogP contribution in [0.3, 0.4) is 0 Å². The first kappa shape index (κ1) is 18.1. The van der Waals surface area contributed by atoms with Crippen LogP contribution >= 0.6 is 0 Å². The Kier molecular flexibility index (Phi) is 5.32. The molecule has 1 aliphatic rings. The molecule has 2 atom stereocenters. The number of rotatable bonds is 5. The highest BCUT2D eigenvalue weighted by atomic mass is 16.5. The van der Waals surface area contributed by atoms with E-state index >= 15 is 0 Å². The number of nitrogens with zero attached hydrogens (tertiary/aromatic N) is 1. The van der Waals surface area contributed by atoms with Crippen molar-refractivity contribution in [3.63, 3.8) is 0 Å². The summed E-state index contributed by atoms with van der Waals surface area (Å²) in [7, 11) is 4.59. The Balaban J connectivity index is 1.86. The first-order valence-electron chi connectivity index (χ1n) is 8.48. The zero-order valence-electron chi connectivity index (χ0n) is 15.3. The van der Waals surface area contributed by atoms with E-state index < -0.39 is 0 Å². The molecular weight excluding hydrogens is 332 g/mol. The molecule has 1 fully saturated rings. The third-order valence-corrected chi connectivity index (χ3v) is 4.79. The molecule has 0 radical (unpaired) electrons. The maximum atomic E-state index is 13.0. The molecule has 0 aliphatic carbocycles. The number of carbonyl (C=O) groups excluding carboxylic acids is 1. The van der Waals surface area contributed by atoms with E-state index in [-0.39, 0.29) is 17.9 Å². The number of likely N-dealkylation sites (tertiary alicyclic amines) is 1. The third-order valence-electron chi connectivity index (χ3n) is 4.79. The number of amides is 1. The van der Waals surface area contributed by atoms with E-state index in [1.165, 1.54) is 21.3 Å². The molecule has 26 heavy (non-hydrogen) atoms. The maximum Gasteiger partial charge on any atom is 0.254 e. The first-order valence-corrected chi connectivity index (χ1v) is 8.48. The van der Waals surface area contributed by atoms with Gasteiger partial charge in [-0.05, 0) is 17.7 Å². The molecule has 0 saturated carbocycles. The minimum atomic E-state index is -0.0989. The summed E-state index contributed by atoms with van der Waals surface area (Å²) in [6, 6.07) is 13.3. The molecule has 2 N–H and O–H groups in total. The lowest BCUT2D eigenvalue weighted by Gasteiger charge is -2.19. The number of hydrogen-bond acceptors (Lipinski definition) is 5. The van der Waals surface area contributed by atoms with Crippen LogP contribution in [0.15, 0.2) is 42.5 Å². The van der Waals surface area contributed by atoms with Crippen LogP contribution in [0.25, 0.3) is 0 Å². The lowest BCUT2D eigenvalue weighted by molar-refractivity contribution is 0.0788. The van der Waals surface area contributed by atoms with Gasteiger partial charge in [-0.25, -0.2) is 0 Å². The number of benzene rings is 2. The summed E-state index contributed by atoms with van der Waals surface area (Å²) in [4.78, 5) is 14.8. The van der Waals surface area contributed by atoms with Crippen molar-refractivity contribution >= 4 is 5.91 Å². The average molecular weight is 356 g/mol. The average Bonchev–Trinajstić information content (AvgIpc) is 3.08. The molecule has 1 saturated heterocycles. The summed E-state index contributed by atoms with van der Waals surface area (Å²) in [5, 5.41) is 0. The van der Waals surface area contributed by atoms with Gasteiger partial charge >= 0.3 is 0 Å². The smallest absolute Gasteiger partial charge is 0.254 e. The minimum absolute atomic E-state index is 0.0941. The van der Waals surface area contributed by atoms with E-state index in [1.807, 2.05) is 18.2 Å². The van der Waals surface area contributed by atoms with E-state index in [0.717, 1.165) is 5.56 Å². The van der Waals surface area contributed by atoms with Crippen molar-refractivity contribution in [1.29, 1.82) is 0 Å². The Morgan fingerprint density at radius 1 is 1.00 bits per heavy atom. The van der Waals surface area contributed by atoms with E-state index in [9.17, 15) is 4.79 Å². The molecular formula is C20H24N2O4. The maximum absolute atomic E-state index is 13.0. The van der Waals surface area contributed by atoms with Gasteiger partial charge in [0, 0.05) is 30.6 Å². The summed E-state index contributed by atoms with van der Waals surface area (Å²) in [5.41, 5.74) is 7.95. The molecule has 1 amide bonds. The Morgan fingerprint density at radius 3 is 2.15 bits per heavy atom. The van der Waals surface area contributed by atoms with Crippen molar-refractivity contribution in [3.8, 4) is 17.2 Å².